The summed E-state index contributed by atoms with van der Waals surface area (Å²) < 4.78 is 8.05. The number of carboxylic acids is 2. The Morgan fingerprint density at radius 2 is 1.33 bits per heavy atom. The molecule has 1 aliphatic heterocycles. The second-order valence-electron chi connectivity index (χ2n) is 11.9. The summed E-state index contributed by atoms with van der Waals surface area (Å²) in [5.41, 5.74) is -2.11. The molecule has 9 heteroatoms. The van der Waals surface area contributed by atoms with Crippen LogP contribution < -0.4 is 0 Å². The maximum atomic E-state index is 13.4. The van der Waals surface area contributed by atoms with Gasteiger partial charge in [-0.1, -0.05) is 54.6 Å². The zero-order valence-corrected chi connectivity index (χ0v) is 22.7. The van der Waals surface area contributed by atoms with Gasteiger partial charge < -0.3 is 19.2 Å². The lowest BCUT2D eigenvalue weighted by molar-refractivity contribution is -0.183. The van der Waals surface area contributed by atoms with Crippen LogP contribution in [0.3, 0.4) is 0 Å². The molecule has 30 heavy (non-hydrogen) atoms. The van der Waals surface area contributed by atoms with Crippen LogP contribution in [0.1, 0.15) is 55.4 Å². The van der Waals surface area contributed by atoms with Gasteiger partial charge in [0.2, 0.25) is 5.91 Å². The van der Waals surface area contributed by atoms with Crippen LogP contribution in [-0.4, -0.2) is 61.3 Å². The summed E-state index contributed by atoms with van der Waals surface area (Å²) in [5.74, 6) is -3.85. The normalized spacial score (nSPS) is 24.1. The Hall–Kier alpha value is -1.20. The molecule has 0 unspecified atom stereocenters. The van der Waals surface area contributed by atoms with E-state index in [1.54, 1.807) is 11.5 Å². The first-order valence-corrected chi connectivity index (χ1v) is 16.4. The van der Waals surface area contributed by atoms with Crippen LogP contribution in [0, 0.1) is 11.3 Å². The summed E-state index contributed by atoms with van der Waals surface area (Å²) in [6, 6.07) is -0.958. The standard InChI is InChI=1S/C21H41NO6Si2/c1-13(28-30(11,12)20(5,6)7)14-15(21(8,17(24)25)18(26)27)22(16(14)23)29(9,10)19(2,3)4/h13-15H,1-12H3,(H,24,25)(H,26,27)/t13-,14-,15+/m1/s1/i17+1/t13-,14-,15+,21-. The number of carbonyl (C=O) groups excluding carboxylic acids is 1. The fraction of sp³-hybridized carbons (Fsp3) is 0.857. The summed E-state index contributed by atoms with van der Waals surface area (Å²) in [5, 5.41) is 19.5. The number of hydrogen-bond acceptors (Lipinski definition) is 4. The summed E-state index contributed by atoms with van der Waals surface area (Å²) in [4.78, 5) is 37.9. The molecule has 1 amide bonds. The zero-order valence-electron chi connectivity index (χ0n) is 20.7. The minimum atomic E-state index is -2.52. The highest BCUT2D eigenvalue weighted by Crippen LogP contribution is 2.51. The number of aliphatic carboxylic acids is 2. The van der Waals surface area contributed by atoms with Gasteiger partial charge >= 0.3 is 11.9 Å². The molecule has 0 saturated carbocycles. The van der Waals surface area contributed by atoms with Crippen molar-refractivity contribution in [2.75, 3.05) is 0 Å². The van der Waals surface area contributed by atoms with Crippen molar-refractivity contribution in [1.29, 1.82) is 0 Å². The Morgan fingerprint density at radius 3 is 1.63 bits per heavy atom. The second-order valence-corrected chi connectivity index (χ2v) is 21.7. The summed E-state index contributed by atoms with van der Waals surface area (Å²) in [7, 11) is -4.76. The van der Waals surface area contributed by atoms with Gasteiger partial charge in [-0.3, -0.25) is 14.4 Å². The fourth-order valence-electron chi connectivity index (χ4n) is 3.63. The lowest BCUT2D eigenvalue weighted by atomic mass is 9.72. The van der Waals surface area contributed by atoms with Crippen molar-refractivity contribution < 1.29 is 29.0 Å². The van der Waals surface area contributed by atoms with Crippen molar-refractivity contribution in [1.82, 2.24) is 4.57 Å². The highest BCUT2D eigenvalue weighted by Gasteiger charge is 2.68. The van der Waals surface area contributed by atoms with Gasteiger partial charge in [0.25, 0.3) is 0 Å². The Kier molecular flexibility index (Phi) is 6.92. The molecule has 1 aliphatic rings. The third-order valence-corrected chi connectivity index (χ3v) is 17.8. The van der Waals surface area contributed by atoms with E-state index in [2.05, 4.69) is 33.9 Å². The number of rotatable bonds is 7. The van der Waals surface area contributed by atoms with E-state index in [9.17, 15) is 24.6 Å². The second kappa shape index (κ2) is 7.74. The molecular formula is C21H41NO6Si2. The first-order chi connectivity index (χ1) is 13.0. The van der Waals surface area contributed by atoms with Gasteiger partial charge in [0.05, 0.1) is 18.1 Å². The van der Waals surface area contributed by atoms with Crippen molar-refractivity contribution in [2.45, 2.75) is 104 Å². The molecule has 1 fully saturated rings. The summed E-state index contributed by atoms with van der Waals surface area (Å²) in [6.07, 6.45) is -0.567. The molecule has 0 aromatic carbocycles. The van der Waals surface area contributed by atoms with Crippen LogP contribution >= 0.6 is 0 Å². The van der Waals surface area contributed by atoms with E-state index >= 15 is 0 Å². The van der Waals surface area contributed by atoms with Crippen LogP contribution in [0.4, 0.5) is 0 Å². The van der Waals surface area contributed by atoms with Crippen LogP contribution in [0.5, 0.6) is 0 Å². The first-order valence-electron chi connectivity index (χ1n) is 10.5. The molecule has 0 aromatic rings. The van der Waals surface area contributed by atoms with Crippen molar-refractivity contribution >= 4 is 34.4 Å². The van der Waals surface area contributed by atoms with Crippen LogP contribution in [0.15, 0.2) is 0 Å². The van der Waals surface area contributed by atoms with Crippen LogP contribution in [0.25, 0.3) is 0 Å². The smallest absolute Gasteiger partial charge is 0.322 e. The molecule has 0 aromatic heterocycles. The monoisotopic (exact) mass is 460 g/mol. The molecule has 0 bridgehead atoms. The van der Waals surface area contributed by atoms with Crippen molar-refractivity contribution in [3.8, 4) is 0 Å². The number of carbonyl (C=O) groups is 3. The van der Waals surface area contributed by atoms with Gasteiger partial charge in [0, 0.05) is 0 Å². The molecule has 2 N–H and O–H groups in total. The highest BCUT2D eigenvalue weighted by molar-refractivity contribution is 6.80. The number of hydrogen-bond donors (Lipinski definition) is 2. The van der Waals surface area contributed by atoms with E-state index in [0.717, 1.165) is 0 Å². The molecule has 4 atom stereocenters. The molecule has 7 nitrogen and oxygen atoms in total. The predicted octanol–water partition coefficient (Wildman–Crippen LogP) is 4.40. The first kappa shape index (κ1) is 26.8. The Morgan fingerprint density at radius 1 is 0.933 bits per heavy atom. The van der Waals surface area contributed by atoms with E-state index in [0.29, 0.717) is 0 Å². The third-order valence-electron chi connectivity index (χ3n) is 7.85. The van der Waals surface area contributed by atoms with E-state index in [4.69, 9.17) is 4.43 Å². The predicted molar refractivity (Wildman–Crippen MR) is 122 cm³/mol. The average Bonchev–Trinajstić information content (AvgIpc) is 2.48. The topological polar surface area (TPSA) is 104 Å². The SMILES string of the molecule is C[C@@H](O[Si](C)(C)C(C)(C)C)[C@H]1C(=O)N([Si](C)(C)C(C)(C)C)[C@@H]1[C@@](C)(C(=O)O)[13C](=O)O. The maximum absolute atomic E-state index is 13.4. The Labute approximate surface area is 183 Å². The molecule has 0 spiro atoms. The van der Waals surface area contributed by atoms with Crippen LogP contribution in [0.2, 0.25) is 36.3 Å². The highest BCUT2D eigenvalue weighted by atomic mass is 28.4. The maximum Gasteiger partial charge on any atom is 0.322 e. The summed E-state index contributed by atoms with van der Waals surface area (Å²) in [6.45, 7) is 23.5. The Balaban J connectivity index is 3.55. The van der Waals surface area contributed by atoms with Crippen molar-refractivity contribution in [3.05, 3.63) is 0 Å². The van der Waals surface area contributed by atoms with Crippen molar-refractivity contribution in [2.24, 2.45) is 11.3 Å². The number of carboxylic acid groups (broad SMARTS) is 2. The van der Waals surface area contributed by atoms with E-state index in [1.165, 1.54) is 6.92 Å². The summed E-state index contributed by atoms with van der Waals surface area (Å²) >= 11 is 0. The number of β-lactam (4-membered cyclic amide) rings is 1. The van der Waals surface area contributed by atoms with E-state index < -0.39 is 52.0 Å². The van der Waals surface area contributed by atoms with E-state index in [1.807, 2.05) is 33.9 Å². The largest absolute Gasteiger partial charge is 0.480 e. The van der Waals surface area contributed by atoms with Gasteiger partial charge in [-0.15, -0.1) is 0 Å². The van der Waals surface area contributed by atoms with Gasteiger partial charge in [-0.2, -0.15) is 0 Å². The quantitative estimate of drug-likeness (QED) is 0.252. The lowest BCUT2D eigenvalue weighted by Crippen LogP contribution is -2.80. The molecule has 1 rings (SSSR count). The lowest BCUT2D eigenvalue weighted by Gasteiger charge is -2.62. The van der Waals surface area contributed by atoms with E-state index in [-0.39, 0.29) is 16.0 Å². The average molecular weight is 461 g/mol. The molecule has 0 aliphatic carbocycles. The molecule has 0 radical (unpaired) electrons. The number of amides is 1. The van der Waals surface area contributed by atoms with Gasteiger partial charge in [0.1, 0.15) is 0 Å². The van der Waals surface area contributed by atoms with Gasteiger partial charge in [-0.25, -0.2) is 0 Å². The fourth-order valence-corrected chi connectivity index (χ4v) is 7.60. The molecular weight excluding hydrogens is 419 g/mol. The zero-order chi connectivity index (χ0) is 24.2. The molecule has 1 heterocycles. The molecule has 1 saturated heterocycles. The minimum absolute atomic E-state index is 0.0917. The van der Waals surface area contributed by atoms with Gasteiger partial charge in [-0.05, 0) is 37.0 Å². The van der Waals surface area contributed by atoms with Gasteiger partial charge in [0.15, 0.2) is 22.0 Å². The van der Waals surface area contributed by atoms with Crippen LogP contribution in [-0.2, 0) is 18.8 Å². The third kappa shape index (κ3) is 4.12. The van der Waals surface area contributed by atoms with Crippen molar-refractivity contribution in [3.63, 3.8) is 0 Å². The minimum Gasteiger partial charge on any atom is -0.480 e. The Bertz CT molecular complexity index is 706. The number of nitrogens with zero attached hydrogens (tertiary/aromatic N) is 1. The molecule has 174 valence electrons.